The zero-order chi connectivity index (χ0) is 14.9. The van der Waals surface area contributed by atoms with Crippen molar-refractivity contribution in [2.75, 3.05) is 4.90 Å². The number of hydrogen-bond donors (Lipinski definition) is 1. The minimum Gasteiger partial charge on any atom is -0.340 e. The first-order valence-corrected chi connectivity index (χ1v) is 7.63. The number of halogens is 1. The van der Waals surface area contributed by atoms with Crippen molar-refractivity contribution >= 4 is 33.4 Å². The lowest BCUT2D eigenvalue weighted by Crippen LogP contribution is -2.69. The smallest absolute Gasteiger partial charge is 0.253 e. The van der Waals surface area contributed by atoms with E-state index in [0.717, 1.165) is 10.2 Å². The second-order valence-electron chi connectivity index (χ2n) is 5.25. The molecular weight excluding hydrogens is 320 g/mol. The maximum Gasteiger partial charge on any atom is 0.253 e. The third-order valence-corrected chi connectivity index (χ3v) is 4.43. The van der Waals surface area contributed by atoms with Gasteiger partial charge in [-0.3, -0.25) is 14.5 Å². The SMILES string of the molecule is CCC1C(=O)NC(C)(CC)C(=O)N1c1ccc(Br)cc1. The van der Waals surface area contributed by atoms with Crippen LogP contribution in [-0.4, -0.2) is 23.4 Å². The first kappa shape index (κ1) is 15.0. The molecule has 1 heterocycles. The largest absolute Gasteiger partial charge is 0.340 e. The number of amides is 2. The second kappa shape index (κ2) is 5.56. The molecule has 1 fully saturated rings. The predicted octanol–water partition coefficient (Wildman–Crippen LogP) is 2.86. The number of anilines is 1. The Morgan fingerprint density at radius 2 is 1.85 bits per heavy atom. The van der Waals surface area contributed by atoms with Gasteiger partial charge in [0.2, 0.25) is 5.91 Å². The Hall–Kier alpha value is -1.36. The van der Waals surface area contributed by atoms with Gasteiger partial charge in [-0.1, -0.05) is 29.8 Å². The van der Waals surface area contributed by atoms with Crippen LogP contribution in [0.2, 0.25) is 0 Å². The van der Waals surface area contributed by atoms with E-state index in [1.165, 1.54) is 0 Å². The molecule has 0 radical (unpaired) electrons. The monoisotopic (exact) mass is 338 g/mol. The summed E-state index contributed by atoms with van der Waals surface area (Å²) >= 11 is 3.38. The molecule has 0 bridgehead atoms. The highest BCUT2D eigenvalue weighted by Crippen LogP contribution is 2.29. The number of nitrogens with zero attached hydrogens (tertiary/aromatic N) is 1. The molecule has 4 nitrogen and oxygen atoms in total. The van der Waals surface area contributed by atoms with Crippen LogP contribution in [0.4, 0.5) is 5.69 Å². The van der Waals surface area contributed by atoms with Gasteiger partial charge in [0.15, 0.2) is 0 Å². The fourth-order valence-electron chi connectivity index (χ4n) is 2.44. The van der Waals surface area contributed by atoms with Crippen molar-refractivity contribution in [3.05, 3.63) is 28.7 Å². The predicted molar refractivity (Wildman–Crippen MR) is 82.5 cm³/mol. The Morgan fingerprint density at radius 3 is 2.35 bits per heavy atom. The first-order chi connectivity index (χ1) is 9.42. The van der Waals surface area contributed by atoms with Crippen LogP contribution in [-0.2, 0) is 9.59 Å². The van der Waals surface area contributed by atoms with Crippen LogP contribution >= 0.6 is 15.9 Å². The van der Waals surface area contributed by atoms with Crippen LogP contribution in [0, 0.1) is 0 Å². The molecule has 0 spiro atoms. The number of carbonyl (C=O) groups excluding carboxylic acids is 2. The van der Waals surface area contributed by atoms with E-state index in [0.29, 0.717) is 12.8 Å². The summed E-state index contributed by atoms with van der Waals surface area (Å²) in [6, 6.07) is 7.04. The highest BCUT2D eigenvalue weighted by Gasteiger charge is 2.46. The fraction of sp³-hybridized carbons (Fsp3) is 0.467. The van der Waals surface area contributed by atoms with Crippen molar-refractivity contribution in [1.29, 1.82) is 0 Å². The van der Waals surface area contributed by atoms with Crippen molar-refractivity contribution < 1.29 is 9.59 Å². The van der Waals surface area contributed by atoms with Gasteiger partial charge in [0.25, 0.3) is 5.91 Å². The third kappa shape index (κ3) is 2.46. The quantitative estimate of drug-likeness (QED) is 0.921. The minimum absolute atomic E-state index is 0.0474. The Bertz CT molecular complexity index is 529. The molecule has 1 aliphatic heterocycles. The van der Waals surface area contributed by atoms with Gasteiger partial charge >= 0.3 is 0 Å². The number of benzene rings is 1. The van der Waals surface area contributed by atoms with Crippen molar-refractivity contribution in [2.24, 2.45) is 0 Å². The molecule has 1 saturated heterocycles. The van der Waals surface area contributed by atoms with Gasteiger partial charge in [-0.05, 0) is 44.0 Å². The summed E-state index contributed by atoms with van der Waals surface area (Å²) in [5.41, 5.74) is -0.0601. The van der Waals surface area contributed by atoms with E-state index in [9.17, 15) is 9.59 Å². The molecule has 0 saturated carbocycles. The first-order valence-electron chi connectivity index (χ1n) is 6.84. The van der Waals surface area contributed by atoms with Crippen LogP contribution in [0.1, 0.15) is 33.6 Å². The summed E-state index contributed by atoms with van der Waals surface area (Å²) < 4.78 is 0.946. The molecule has 108 valence electrons. The number of rotatable bonds is 3. The summed E-state index contributed by atoms with van der Waals surface area (Å²) in [5.74, 6) is -0.131. The molecule has 20 heavy (non-hydrogen) atoms. The van der Waals surface area contributed by atoms with Gasteiger partial charge in [-0.25, -0.2) is 0 Å². The zero-order valence-electron chi connectivity index (χ0n) is 11.9. The van der Waals surface area contributed by atoms with Crippen molar-refractivity contribution in [2.45, 2.75) is 45.2 Å². The van der Waals surface area contributed by atoms with E-state index in [1.807, 2.05) is 38.1 Å². The van der Waals surface area contributed by atoms with Gasteiger partial charge in [-0.2, -0.15) is 0 Å². The molecule has 2 rings (SSSR count). The number of carbonyl (C=O) groups is 2. The van der Waals surface area contributed by atoms with Crippen molar-refractivity contribution in [3.8, 4) is 0 Å². The van der Waals surface area contributed by atoms with Crippen LogP contribution in [0.3, 0.4) is 0 Å². The average molecular weight is 339 g/mol. The standard InChI is InChI=1S/C15H19BrN2O2/c1-4-12-13(19)17-15(3,5-2)14(20)18(12)11-8-6-10(16)7-9-11/h6-9,12H,4-5H2,1-3H3,(H,17,19). The molecule has 2 amide bonds. The summed E-state index contributed by atoms with van der Waals surface area (Å²) in [5, 5.41) is 2.86. The van der Waals surface area contributed by atoms with E-state index < -0.39 is 11.6 Å². The van der Waals surface area contributed by atoms with Crippen LogP contribution < -0.4 is 10.2 Å². The molecule has 5 heteroatoms. The van der Waals surface area contributed by atoms with E-state index in [-0.39, 0.29) is 11.8 Å². The molecular formula is C15H19BrN2O2. The Morgan fingerprint density at radius 1 is 1.25 bits per heavy atom. The molecule has 0 aromatic heterocycles. The van der Waals surface area contributed by atoms with Crippen LogP contribution in [0.5, 0.6) is 0 Å². The third-order valence-electron chi connectivity index (χ3n) is 3.90. The summed E-state index contributed by atoms with van der Waals surface area (Å²) in [4.78, 5) is 26.7. The Labute approximate surface area is 127 Å². The highest BCUT2D eigenvalue weighted by atomic mass is 79.9. The molecule has 1 aliphatic rings. The lowest BCUT2D eigenvalue weighted by molar-refractivity contribution is -0.138. The summed E-state index contributed by atoms with van der Waals surface area (Å²) in [7, 11) is 0. The lowest BCUT2D eigenvalue weighted by Gasteiger charge is -2.43. The molecule has 2 unspecified atom stereocenters. The van der Waals surface area contributed by atoms with E-state index >= 15 is 0 Å². The van der Waals surface area contributed by atoms with Gasteiger partial charge in [0.1, 0.15) is 11.6 Å². The van der Waals surface area contributed by atoms with E-state index in [2.05, 4.69) is 21.2 Å². The fourth-order valence-corrected chi connectivity index (χ4v) is 2.70. The highest BCUT2D eigenvalue weighted by molar-refractivity contribution is 9.10. The number of nitrogens with one attached hydrogen (secondary N) is 1. The molecule has 1 aromatic rings. The minimum atomic E-state index is -0.824. The maximum atomic E-state index is 12.8. The van der Waals surface area contributed by atoms with Gasteiger partial charge in [0.05, 0.1) is 0 Å². The number of piperazine rings is 1. The Balaban J connectivity index is 2.46. The average Bonchev–Trinajstić information content (AvgIpc) is 2.43. The van der Waals surface area contributed by atoms with Crippen LogP contribution in [0.25, 0.3) is 0 Å². The van der Waals surface area contributed by atoms with Gasteiger partial charge in [-0.15, -0.1) is 0 Å². The zero-order valence-corrected chi connectivity index (χ0v) is 13.5. The maximum absolute atomic E-state index is 12.8. The van der Waals surface area contributed by atoms with Crippen molar-refractivity contribution in [1.82, 2.24) is 5.32 Å². The molecule has 0 aliphatic carbocycles. The molecule has 2 atom stereocenters. The second-order valence-corrected chi connectivity index (χ2v) is 6.17. The Kier molecular flexibility index (Phi) is 4.18. The van der Waals surface area contributed by atoms with Crippen LogP contribution in [0.15, 0.2) is 28.7 Å². The topological polar surface area (TPSA) is 49.4 Å². The van der Waals surface area contributed by atoms with E-state index in [4.69, 9.17) is 0 Å². The van der Waals surface area contributed by atoms with E-state index in [1.54, 1.807) is 11.8 Å². The molecule has 1 aromatic carbocycles. The summed E-state index contributed by atoms with van der Waals surface area (Å²) in [6.45, 7) is 5.60. The molecule has 1 N–H and O–H groups in total. The normalized spacial score (nSPS) is 26.6. The summed E-state index contributed by atoms with van der Waals surface area (Å²) in [6.07, 6.45) is 1.16. The van der Waals surface area contributed by atoms with Gasteiger partial charge in [0, 0.05) is 10.2 Å². The van der Waals surface area contributed by atoms with Gasteiger partial charge < -0.3 is 5.32 Å². The lowest BCUT2D eigenvalue weighted by atomic mass is 9.90. The number of hydrogen-bond acceptors (Lipinski definition) is 2. The van der Waals surface area contributed by atoms with Crippen molar-refractivity contribution in [3.63, 3.8) is 0 Å².